The molecule has 0 aliphatic carbocycles. The number of ether oxygens (including phenoxy) is 1. The molecule has 4 heteroatoms. The Kier molecular flexibility index (Phi) is 4.70. The van der Waals surface area contributed by atoms with Crippen molar-refractivity contribution in [1.29, 1.82) is 0 Å². The van der Waals surface area contributed by atoms with Crippen LogP contribution >= 0.6 is 15.9 Å². The number of rotatable bonds is 5. The highest BCUT2D eigenvalue weighted by atomic mass is 79.9. The van der Waals surface area contributed by atoms with E-state index in [4.69, 9.17) is 4.74 Å². The number of nitrogens with zero attached hydrogens (tertiary/aromatic N) is 1. The zero-order valence-electron chi connectivity index (χ0n) is 9.77. The SMILES string of the molecule is Fc1ccc(OCCc2ccncc2)c(CBr)c1. The highest BCUT2D eigenvalue weighted by Crippen LogP contribution is 2.22. The summed E-state index contributed by atoms with van der Waals surface area (Å²) in [4.78, 5) is 3.96. The van der Waals surface area contributed by atoms with Crippen molar-refractivity contribution < 1.29 is 9.13 Å². The first-order chi connectivity index (χ1) is 8.79. The monoisotopic (exact) mass is 309 g/mol. The van der Waals surface area contributed by atoms with Crippen LogP contribution in [-0.4, -0.2) is 11.6 Å². The summed E-state index contributed by atoms with van der Waals surface area (Å²) in [5.41, 5.74) is 2.00. The molecule has 0 N–H and O–H groups in total. The number of halogens is 2. The van der Waals surface area contributed by atoms with E-state index in [-0.39, 0.29) is 5.82 Å². The maximum atomic E-state index is 13.0. The molecular formula is C14H13BrFNO. The average Bonchev–Trinajstić information content (AvgIpc) is 2.41. The Morgan fingerprint density at radius 2 is 1.94 bits per heavy atom. The lowest BCUT2D eigenvalue weighted by Crippen LogP contribution is -2.03. The van der Waals surface area contributed by atoms with Gasteiger partial charge in [-0.3, -0.25) is 4.98 Å². The Bertz CT molecular complexity index is 504. The Labute approximate surface area is 114 Å². The van der Waals surface area contributed by atoms with Crippen LogP contribution in [0.3, 0.4) is 0 Å². The zero-order valence-corrected chi connectivity index (χ0v) is 11.4. The predicted octanol–water partition coefficient (Wildman–Crippen LogP) is 3.74. The van der Waals surface area contributed by atoms with Gasteiger partial charge in [0.2, 0.25) is 0 Å². The minimum Gasteiger partial charge on any atom is -0.493 e. The van der Waals surface area contributed by atoms with E-state index in [2.05, 4.69) is 20.9 Å². The quantitative estimate of drug-likeness (QED) is 0.785. The number of hydrogen-bond acceptors (Lipinski definition) is 2. The third-order valence-electron chi connectivity index (χ3n) is 2.56. The van der Waals surface area contributed by atoms with Crippen molar-refractivity contribution in [2.45, 2.75) is 11.8 Å². The van der Waals surface area contributed by atoms with E-state index in [1.165, 1.54) is 17.7 Å². The fourth-order valence-electron chi connectivity index (χ4n) is 1.62. The molecule has 0 atom stereocenters. The number of hydrogen-bond donors (Lipinski definition) is 0. The third kappa shape index (κ3) is 3.53. The van der Waals surface area contributed by atoms with Crippen LogP contribution < -0.4 is 4.74 Å². The Morgan fingerprint density at radius 1 is 1.17 bits per heavy atom. The summed E-state index contributed by atoms with van der Waals surface area (Å²) >= 11 is 3.32. The molecule has 0 amide bonds. The molecule has 94 valence electrons. The van der Waals surface area contributed by atoms with Crippen LogP contribution in [-0.2, 0) is 11.8 Å². The largest absolute Gasteiger partial charge is 0.493 e. The van der Waals surface area contributed by atoms with Gasteiger partial charge in [0.25, 0.3) is 0 Å². The molecule has 0 saturated heterocycles. The third-order valence-corrected chi connectivity index (χ3v) is 3.17. The van der Waals surface area contributed by atoms with E-state index in [1.54, 1.807) is 18.5 Å². The highest BCUT2D eigenvalue weighted by Gasteiger charge is 2.04. The van der Waals surface area contributed by atoms with E-state index in [1.807, 2.05) is 12.1 Å². The van der Waals surface area contributed by atoms with Gasteiger partial charge >= 0.3 is 0 Å². The molecule has 0 fully saturated rings. The summed E-state index contributed by atoms with van der Waals surface area (Å²) in [6.45, 7) is 0.565. The van der Waals surface area contributed by atoms with Gasteiger partial charge in [-0.2, -0.15) is 0 Å². The average molecular weight is 310 g/mol. The molecular weight excluding hydrogens is 297 g/mol. The first kappa shape index (κ1) is 13.0. The van der Waals surface area contributed by atoms with Gasteiger partial charge in [-0.1, -0.05) is 15.9 Å². The predicted molar refractivity (Wildman–Crippen MR) is 72.5 cm³/mol. The van der Waals surface area contributed by atoms with Crippen molar-refractivity contribution in [3.63, 3.8) is 0 Å². The lowest BCUT2D eigenvalue weighted by atomic mass is 10.2. The lowest BCUT2D eigenvalue weighted by Gasteiger charge is -2.10. The van der Waals surface area contributed by atoms with Gasteiger partial charge in [0.05, 0.1) is 6.61 Å². The first-order valence-corrected chi connectivity index (χ1v) is 6.78. The first-order valence-electron chi connectivity index (χ1n) is 5.65. The topological polar surface area (TPSA) is 22.1 Å². The second-order valence-electron chi connectivity index (χ2n) is 3.84. The molecule has 0 spiro atoms. The minimum absolute atomic E-state index is 0.245. The molecule has 1 aromatic carbocycles. The maximum absolute atomic E-state index is 13.0. The van der Waals surface area contributed by atoms with E-state index >= 15 is 0 Å². The second kappa shape index (κ2) is 6.50. The molecule has 2 aromatic rings. The summed E-state index contributed by atoms with van der Waals surface area (Å²) in [5.74, 6) is 0.480. The molecule has 0 aliphatic rings. The van der Waals surface area contributed by atoms with Crippen molar-refractivity contribution >= 4 is 15.9 Å². The lowest BCUT2D eigenvalue weighted by molar-refractivity contribution is 0.319. The van der Waals surface area contributed by atoms with Crippen LogP contribution in [0.25, 0.3) is 0 Å². The van der Waals surface area contributed by atoms with E-state index in [0.717, 1.165) is 17.7 Å². The van der Waals surface area contributed by atoms with Crippen LogP contribution in [0.2, 0.25) is 0 Å². The molecule has 0 unspecified atom stereocenters. The number of aromatic nitrogens is 1. The van der Waals surface area contributed by atoms with Gasteiger partial charge < -0.3 is 4.74 Å². The van der Waals surface area contributed by atoms with Gasteiger partial charge in [-0.05, 0) is 35.9 Å². The van der Waals surface area contributed by atoms with Crippen LogP contribution in [0, 0.1) is 5.82 Å². The fraction of sp³-hybridized carbons (Fsp3) is 0.214. The molecule has 0 saturated carbocycles. The van der Waals surface area contributed by atoms with Crippen LogP contribution in [0.15, 0.2) is 42.7 Å². The van der Waals surface area contributed by atoms with Crippen molar-refractivity contribution in [2.75, 3.05) is 6.61 Å². The summed E-state index contributed by atoms with van der Waals surface area (Å²) in [6.07, 6.45) is 4.33. The standard InChI is InChI=1S/C14H13BrFNO/c15-10-12-9-13(16)1-2-14(12)18-8-5-11-3-6-17-7-4-11/h1-4,6-7,9H,5,8,10H2. The van der Waals surface area contributed by atoms with Crippen LogP contribution in [0.4, 0.5) is 4.39 Å². The van der Waals surface area contributed by atoms with Crippen molar-refractivity contribution in [3.8, 4) is 5.75 Å². The second-order valence-corrected chi connectivity index (χ2v) is 4.40. The van der Waals surface area contributed by atoms with Gasteiger partial charge in [-0.15, -0.1) is 0 Å². The van der Waals surface area contributed by atoms with Crippen molar-refractivity contribution in [3.05, 3.63) is 59.7 Å². The molecule has 2 nitrogen and oxygen atoms in total. The Hall–Kier alpha value is -1.42. The van der Waals surface area contributed by atoms with E-state index < -0.39 is 0 Å². The summed E-state index contributed by atoms with van der Waals surface area (Å²) in [7, 11) is 0. The van der Waals surface area contributed by atoms with Crippen molar-refractivity contribution in [2.24, 2.45) is 0 Å². The zero-order chi connectivity index (χ0) is 12.8. The molecule has 2 rings (SSSR count). The number of pyridine rings is 1. The summed E-state index contributed by atoms with van der Waals surface area (Å²) < 4.78 is 18.7. The van der Waals surface area contributed by atoms with Gasteiger partial charge in [0.1, 0.15) is 11.6 Å². The van der Waals surface area contributed by atoms with E-state index in [9.17, 15) is 4.39 Å². The van der Waals surface area contributed by atoms with Crippen LogP contribution in [0.1, 0.15) is 11.1 Å². The van der Waals surface area contributed by atoms with Gasteiger partial charge in [-0.25, -0.2) is 4.39 Å². The normalized spacial score (nSPS) is 10.3. The molecule has 1 heterocycles. The van der Waals surface area contributed by atoms with Gasteiger partial charge in [0, 0.05) is 29.7 Å². The minimum atomic E-state index is -0.245. The number of alkyl halides is 1. The smallest absolute Gasteiger partial charge is 0.123 e. The Morgan fingerprint density at radius 3 is 2.67 bits per heavy atom. The molecule has 0 bridgehead atoms. The summed E-state index contributed by atoms with van der Waals surface area (Å²) in [5, 5.41) is 0.579. The van der Waals surface area contributed by atoms with Crippen LogP contribution in [0.5, 0.6) is 5.75 Å². The molecule has 18 heavy (non-hydrogen) atoms. The number of benzene rings is 1. The summed E-state index contributed by atoms with van der Waals surface area (Å²) in [6, 6.07) is 8.47. The van der Waals surface area contributed by atoms with Crippen molar-refractivity contribution in [1.82, 2.24) is 4.98 Å². The molecule has 0 aliphatic heterocycles. The fourth-order valence-corrected chi connectivity index (χ4v) is 2.06. The molecule has 1 aromatic heterocycles. The molecule has 0 radical (unpaired) electrons. The maximum Gasteiger partial charge on any atom is 0.123 e. The Balaban J connectivity index is 1.94. The highest BCUT2D eigenvalue weighted by molar-refractivity contribution is 9.08. The van der Waals surface area contributed by atoms with Gasteiger partial charge in [0.15, 0.2) is 0 Å². The van der Waals surface area contributed by atoms with E-state index in [0.29, 0.717) is 11.9 Å².